The summed E-state index contributed by atoms with van der Waals surface area (Å²) in [6.07, 6.45) is 2.97. The number of benzene rings is 1. The maximum absolute atomic E-state index is 13.0. The van der Waals surface area contributed by atoms with Gasteiger partial charge in [-0.05, 0) is 12.1 Å². The minimum absolute atomic E-state index is 0.0197. The number of carbonyl (C=O) groups excluding carboxylic acids is 1. The summed E-state index contributed by atoms with van der Waals surface area (Å²) in [5.74, 6) is 1.28. The van der Waals surface area contributed by atoms with Gasteiger partial charge >= 0.3 is 0 Å². The number of hydrazine groups is 1. The lowest BCUT2D eigenvalue weighted by Gasteiger charge is -2.39. The summed E-state index contributed by atoms with van der Waals surface area (Å²) in [4.78, 5) is 25.5. The van der Waals surface area contributed by atoms with E-state index < -0.39 is 0 Å². The smallest absolute Gasteiger partial charge is 0.244 e. The van der Waals surface area contributed by atoms with Crippen molar-refractivity contribution in [3.63, 3.8) is 0 Å². The largest absolute Gasteiger partial charge is 0.494 e. The maximum Gasteiger partial charge on any atom is 0.244 e. The molecule has 35 heavy (non-hydrogen) atoms. The number of para-hydroxylation sites is 1. The summed E-state index contributed by atoms with van der Waals surface area (Å²) < 4.78 is 7.38. The van der Waals surface area contributed by atoms with E-state index in [1.54, 1.807) is 38.3 Å². The van der Waals surface area contributed by atoms with Crippen molar-refractivity contribution in [1.82, 2.24) is 40.5 Å². The third-order valence-electron chi connectivity index (χ3n) is 6.12. The number of rotatable bonds is 6. The number of amides is 1. The lowest BCUT2D eigenvalue weighted by Crippen LogP contribution is -2.60. The van der Waals surface area contributed by atoms with Gasteiger partial charge < -0.3 is 15.4 Å². The van der Waals surface area contributed by atoms with Gasteiger partial charge in [0.1, 0.15) is 30.2 Å². The number of fused-ring (bicyclic) bond motifs is 1. The summed E-state index contributed by atoms with van der Waals surface area (Å²) in [6, 6.07) is 9.05. The monoisotopic (exact) mass is 475 g/mol. The Morgan fingerprint density at radius 1 is 1.23 bits per heavy atom. The minimum Gasteiger partial charge on any atom is -0.494 e. The van der Waals surface area contributed by atoms with Crippen LogP contribution >= 0.6 is 0 Å². The highest BCUT2D eigenvalue weighted by Crippen LogP contribution is 2.37. The molecular formula is C22H25N11O2. The molecule has 1 aromatic carbocycles. The van der Waals surface area contributed by atoms with Gasteiger partial charge in [-0.3, -0.25) is 19.8 Å². The molecule has 13 heteroatoms. The van der Waals surface area contributed by atoms with Crippen LogP contribution in [-0.4, -0.2) is 68.2 Å². The van der Waals surface area contributed by atoms with Gasteiger partial charge in [-0.1, -0.05) is 6.07 Å². The van der Waals surface area contributed by atoms with E-state index in [0.29, 0.717) is 23.8 Å². The van der Waals surface area contributed by atoms with Crippen molar-refractivity contribution in [2.24, 2.45) is 13.0 Å². The molecule has 2 saturated heterocycles. The van der Waals surface area contributed by atoms with Crippen LogP contribution in [0.5, 0.6) is 5.75 Å². The third kappa shape index (κ3) is 4.32. The van der Waals surface area contributed by atoms with Crippen molar-refractivity contribution in [3.8, 4) is 23.2 Å². The molecular weight excluding hydrogens is 450 g/mol. The number of anilines is 2. The molecule has 0 bridgehead atoms. The van der Waals surface area contributed by atoms with Gasteiger partial charge in [-0.15, -0.1) is 0 Å². The molecule has 2 aliphatic heterocycles. The summed E-state index contributed by atoms with van der Waals surface area (Å²) in [5.41, 5.74) is 4.93. The molecule has 2 fully saturated rings. The standard InChI is InChI=1S/C22H25N11O2/c1-32-11-26-20(30-32)13-5-4-6-14(19(13)35-3)27-15-8-17(28-16-7-12(9-23)24-10-25-16)29-21-18(15)22(34)33(2)31-21/h4-7,10-11,15,17-18,21,27,29,31H,8H2,1-3H3,(H,24,25,28). The second kappa shape index (κ2) is 9.16. The molecule has 0 spiro atoms. The van der Waals surface area contributed by atoms with Gasteiger partial charge in [0.2, 0.25) is 5.91 Å². The van der Waals surface area contributed by atoms with Gasteiger partial charge in [-0.2, -0.15) is 10.4 Å². The van der Waals surface area contributed by atoms with E-state index >= 15 is 0 Å². The molecule has 4 N–H and O–H groups in total. The zero-order valence-electron chi connectivity index (χ0n) is 19.4. The predicted octanol–water partition coefficient (Wildman–Crippen LogP) is 0.283. The van der Waals surface area contributed by atoms with E-state index in [0.717, 1.165) is 11.3 Å². The zero-order valence-corrected chi connectivity index (χ0v) is 19.4. The fourth-order valence-electron chi connectivity index (χ4n) is 4.58. The lowest BCUT2D eigenvalue weighted by molar-refractivity contribution is -0.131. The molecule has 0 aliphatic carbocycles. The Morgan fingerprint density at radius 3 is 2.83 bits per heavy atom. The number of ether oxygens (including phenoxy) is 1. The van der Waals surface area contributed by atoms with Crippen LogP contribution < -0.4 is 26.1 Å². The molecule has 2 aliphatic rings. The zero-order chi connectivity index (χ0) is 24.5. The van der Waals surface area contributed by atoms with Crippen LogP contribution in [-0.2, 0) is 11.8 Å². The molecule has 5 rings (SSSR count). The van der Waals surface area contributed by atoms with Crippen LogP contribution in [0.1, 0.15) is 12.1 Å². The normalized spacial score (nSPS) is 23.5. The van der Waals surface area contributed by atoms with Crippen LogP contribution in [0.15, 0.2) is 36.9 Å². The van der Waals surface area contributed by atoms with Gasteiger partial charge in [0.25, 0.3) is 0 Å². The Hall–Kier alpha value is -4.28. The van der Waals surface area contributed by atoms with Crippen LogP contribution in [0, 0.1) is 17.2 Å². The van der Waals surface area contributed by atoms with Crippen LogP contribution in [0.3, 0.4) is 0 Å². The molecule has 13 nitrogen and oxygen atoms in total. The fraction of sp³-hybridized carbons (Fsp3) is 0.364. The highest BCUT2D eigenvalue weighted by Gasteiger charge is 2.48. The molecule has 180 valence electrons. The van der Waals surface area contributed by atoms with Gasteiger partial charge in [0, 0.05) is 32.6 Å². The first-order chi connectivity index (χ1) is 17.0. The van der Waals surface area contributed by atoms with Gasteiger partial charge in [0.05, 0.1) is 36.6 Å². The van der Waals surface area contributed by atoms with Crippen LogP contribution in [0.4, 0.5) is 11.5 Å². The molecule has 2 aromatic heterocycles. The van der Waals surface area contributed by atoms with Gasteiger partial charge in [-0.25, -0.2) is 20.4 Å². The number of hydrogen-bond acceptors (Lipinski definition) is 11. The first-order valence-electron chi connectivity index (χ1n) is 11.0. The molecule has 0 radical (unpaired) electrons. The Labute approximate surface area is 201 Å². The van der Waals surface area contributed by atoms with Gasteiger partial charge in [0.15, 0.2) is 11.6 Å². The average molecular weight is 476 g/mol. The van der Waals surface area contributed by atoms with Crippen molar-refractivity contribution < 1.29 is 9.53 Å². The van der Waals surface area contributed by atoms with E-state index in [9.17, 15) is 4.79 Å². The highest BCUT2D eigenvalue weighted by molar-refractivity contribution is 5.83. The maximum atomic E-state index is 13.0. The quantitative estimate of drug-likeness (QED) is 0.388. The second-order valence-electron chi connectivity index (χ2n) is 8.41. The third-order valence-corrected chi connectivity index (χ3v) is 6.12. The molecule has 4 unspecified atom stereocenters. The topological polar surface area (TPSA) is 158 Å². The van der Waals surface area contributed by atoms with E-state index in [-0.39, 0.29) is 35.9 Å². The summed E-state index contributed by atoms with van der Waals surface area (Å²) in [7, 11) is 5.11. The second-order valence-corrected chi connectivity index (χ2v) is 8.41. The Morgan fingerprint density at radius 2 is 2.09 bits per heavy atom. The van der Waals surface area contributed by atoms with E-state index in [1.807, 2.05) is 24.3 Å². The first-order valence-corrected chi connectivity index (χ1v) is 11.0. The van der Waals surface area contributed by atoms with Crippen molar-refractivity contribution in [2.45, 2.75) is 24.8 Å². The number of nitrogens with one attached hydrogen (secondary N) is 4. The van der Waals surface area contributed by atoms with Crippen molar-refractivity contribution in [2.75, 3.05) is 24.8 Å². The molecule has 4 heterocycles. The molecule has 4 atom stereocenters. The van der Waals surface area contributed by atoms with Crippen LogP contribution in [0.25, 0.3) is 11.4 Å². The van der Waals surface area contributed by atoms with Crippen molar-refractivity contribution in [3.05, 3.63) is 42.6 Å². The molecule has 1 amide bonds. The Balaban J connectivity index is 1.44. The highest BCUT2D eigenvalue weighted by atomic mass is 16.5. The average Bonchev–Trinajstić information content (AvgIpc) is 3.41. The van der Waals surface area contributed by atoms with E-state index in [1.165, 1.54) is 11.3 Å². The lowest BCUT2D eigenvalue weighted by atomic mass is 9.88. The Bertz CT molecular complexity index is 1290. The number of nitrogens with zero attached hydrogens (tertiary/aromatic N) is 7. The number of methoxy groups -OCH3 is 1. The summed E-state index contributed by atoms with van der Waals surface area (Å²) in [6.45, 7) is 0. The van der Waals surface area contributed by atoms with E-state index in [2.05, 4.69) is 41.4 Å². The number of hydrogen-bond donors (Lipinski definition) is 4. The number of nitriles is 1. The summed E-state index contributed by atoms with van der Waals surface area (Å²) >= 11 is 0. The van der Waals surface area contributed by atoms with E-state index in [4.69, 9.17) is 10.00 Å². The molecule has 0 saturated carbocycles. The number of aromatic nitrogens is 5. The minimum atomic E-state index is -0.362. The number of piperidine rings is 1. The SMILES string of the molecule is COc1c(NC2CC(Nc3cc(C#N)ncn3)NC3NN(C)C(=O)C23)cccc1-c1ncn(C)n1. The predicted molar refractivity (Wildman–Crippen MR) is 125 cm³/mol. The number of carbonyl (C=O) groups is 1. The van der Waals surface area contributed by atoms with Crippen molar-refractivity contribution in [1.29, 1.82) is 5.26 Å². The fourth-order valence-corrected chi connectivity index (χ4v) is 4.58. The Kier molecular flexibility index (Phi) is 5.89. The number of aryl methyl sites for hydroxylation is 1. The molecule has 3 aromatic rings. The summed E-state index contributed by atoms with van der Waals surface area (Å²) in [5, 5.41) is 25.3. The first kappa shape index (κ1) is 22.5. The van der Waals surface area contributed by atoms with Crippen molar-refractivity contribution >= 4 is 17.4 Å². The van der Waals surface area contributed by atoms with Crippen LogP contribution in [0.2, 0.25) is 0 Å².